The summed E-state index contributed by atoms with van der Waals surface area (Å²) < 4.78 is 16.9. The summed E-state index contributed by atoms with van der Waals surface area (Å²) in [6.45, 7) is 6.51. The van der Waals surface area contributed by atoms with E-state index in [2.05, 4.69) is 118 Å². The Kier molecular flexibility index (Phi) is 60.8. The quantitative estimate of drug-likeness (QED) is 0.0261. The first-order valence-electron chi connectivity index (χ1n) is 32.2. The van der Waals surface area contributed by atoms with E-state index in [4.69, 9.17) is 14.2 Å². The standard InChI is InChI=1S/C70H120O6/c1-4-7-10-13-16-19-22-24-26-28-30-32-33-34-35-36-37-39-40-42-44-46-48-51-54-57-60-63-69(72)75-66-67(65-74-68(71)62-59-56-53-50-21-18-15-12-9-6-3)76-70(73)64-61-58-55-52-49-47-45-43-41-38-31-29-27-25-23-20-17-14-11-8-5-2/h8,11,17,20,22,24-25,27-28,30-31,33-34,38,43,45,67H,4-7,9-10,12-16,18-19,21,23,26,29,32,35-37,39-42,44,46-66H2,1-3H3/b11-8-,20-17-,24-22-,27-25-,30-28-,34-33-,38-31-,45-43-. The summed E-state index contributed by atoms with van der Waals surface area (Å²) in [4.78, 5) is 38.2. The van der Waals surface area contributed by atoms with Gasteiger partial charge in [-0.2, -0.15) is 0 Å². The largest absolute Gasteiger partial charge is 0.462 e. The molecule has 0 aromatic heterocycles. The van der Waals surface area contributed by atoms with Crippen molar-refractivity contribution in [3.8, 4) is 0 Å². The summed E-state index contributed by atoms with van der Waals surface area (Å²) in [5.74, 6) is -0.898. The topological polar surface area (TPSA) is 78.9 Å². The molecule has 0 bridgehead atoms. The van der Waals surface area contributed by atoms with Crippen LogP contribution in [-0.2, 0) is 28.6 Å². The van der Waals surface area contributed by atoms with E-state index in [1.165, 1.54) is 148 Å². The van der Waals surface area contributed by atoms with Gasteiger partial charge in [0.1, 0.15) is 13.2 Å². The lowest BCUT2D eigenvalue weighted by Crippen LogP contribution is -2.30. The van der Waals surface area contributed by atoms with Crippen molar-refractivity contribution in [3.63, 3.8) is 0 Å². The molecule has 1 unspecified atom stereocenters. The van der Waals surface area contributed by atoms with Crippen LogP contribution >= 0.6 is 0 Å². The fourth-order valence-electron chi connectivity index (χ4n) is 9.01. The summed E-state index contributed by atoms with van der Waals surface area (Å²) in [6, 6.07) is 0. The molecule has 0 aliphatic carbocycles. The van der Waals surface area contributed by atoms with Crippen molar-refractivity contribution in [1.82, 2.24) is 0 Å². The van der Waals surface area contributed by atoms with Gasteiger partial charge in [-0.1, -0.05) is 285 Å². The molecule has 0 aromatic rings. The van der Waals surface area contributed by atoms with E-state index < -0.39 is 6.10 Å². The van der Waals surface area contributed by atoms with Crippen LogP contribution < -0.4 is 0 Å². The molecule has 1 atom stereocenters. The SMILES string of the molecule is CC/C=C\C/C=C\C/C=C\C/C=C\C/C=C\CCCCCCCC(=O)OC(COC(=O)CCCCCCCCCCCC)COC(=O)CCCCCCCCCCCCCC/C=C\C/C=C\C/C=C\CCCCCCC. The van der Waals surface area contributed by atoms with Gasteiger partial charge in [-0.3, -0.25) is 14.4 Å². The van der Waals surface area contributed by atoms with Gasteiger partial charge in [0.15, 0.2) is 6.10 Å². The lowest BCUT2D eigenvalue weighted by atomic mass is 10.0. The first kappa shape index (κ1) is 72.3. The molecule has 0 N–H and O–H groups in total. The highest BCUT2D eigenvalue weighted by Gasteiger charge is 2.19. The number of rotatable bonds is 58. The van der Waals surface area contributed by atoms with Crippen LogP contribution in [0.5, 0.6) is 0 Å². The molecule has 0 amide bonds. The van der Waals surface area contributed by atoms with E-state index in [0.717, 1.165) is 122 Å². The summed E-state index contributed by atoms with van der Waals surface area (Å²) in [5.41, 5.74) is 0. The normalized spacial score (nSPS) is 12.7. The number of unbranched alkanes of at least 4 members (excludes halogenated alkanes) is 31. The molecule has 6 heteroatoms. The van der Waals surface area contributed by atoms with Crippen LogP contribution in [0.4, 0.5) is 0 Å². The maximum atomic E-state index is 12.9. The third-order valence-corrected chi connectivity index (χ3v) is 13.8. The minimum absolute atomic E-state index is 0.0840. The fraction of sp³-hybridized carbons (Fsp3) is 0.729. The zero-order chi connectivity index (χ0) is 55.0. The zero-order valence-corrected chi connectivity index (χ0v) is 50.0. The van der Waals surface area contributed by atoms with Crippen molar-refractivity contribution in [2.75, 3.05) is 13.2 Å². The van der Waals surface area contributed by atoms with E-state index in [9.17, 15) is 14.4 Å². The van der Waals surface area contributed by atoms with Gasteiger partial charge < -0.3 is 14.2 Å². The fourth-order valence-corrected chi connectivity index (χ4v) is 9.01. The molecule has 0 aromatic carbocycles. The van der Waals surface area contributed by atoms with Crippen LogP contribution in [0.1, 0.15) is 310 Å². The summed E-state index contributed by atoms with van der Waals surface area (Å²) in [7, 11) is 0. The molecule has 0 radical (unpaired) electrons. The molecule has 0 heterocycles. The molecule has 0 saturated heterocycles. The monoisotopic (exact) mass is 1060 g/mol. The Labute approximate surface area is 470 Å². The van der Waals surface area contributed by atoms with Gasteiger partial charge in [0.2, 0.25) is 0 Å². The smallest absolute Gasteiger partial charge is 0.306 e. The molecule has 0 aliphatic rings. The van der Waals surface area contributed by atoms with Crippen LogP contribution in [0.3, 0.4) is 0 Å². The van der Waals surface area contributed by atoms with Crippen molar-refractivity contribution in [1.29, 1.82) is 0 Å². The zero-order valence-electron chi connectivity index (χ0n) is 50.0. The maximum Gasteiger partial charge on any atom is 0.306 e. The molecule has 0 saturated carbocycles. The van der Waals surface area contributed by atoms with Crippen molar-refractivity contribution >= 4 is 17.9 Å². The van der Waals surface area contributed by atoms with Gasteiger partial charge in [-0.15, -0.1) is 0 Å². The molecular formula is C70H120O6. The lowest BCUT2D eigenvalue weighted by molar-refractivity contribution is -0.167. The Morgan fingerprint density at radius 2 is 0.513 bits per heavy atom. The third kappa shape index (κ3) is 61.2. The molecule has 0 rings (SSSR count). The van der Waals surface area contributed by atoms with Gasteiger partial charge in [-0.05, 0) is 103 Å². The number of esters is 3. The Balaban J connectivity index is 4.27. The first-order valence-corrected chi connectivity index (χ1v) is 32.2. The maximum absolute atomic E-state index is 12.9. The van der Waals surface area contributed by atoms with Gasteiger partial charge >= 0.3 is 17.9 Å². The van der Waals surface area contributed by atoms with Crippen LogP contribution in [0, 0.1) is 0 Å². The lowest BCUT2D eigenvalue weighted by Gasteiger charge is -2.18. The van der Waals surface area contributed by atoms with E-state index in [1.807, 2.05) is 0 Å². The average Bonchev–Trinajstić information content (AvgIpc) is 3.42. The van der Waals surface area contributed by atoms with Gasteiger partial charge in [0.05, 0.1) is 0 Å². The Bertz CT molecular complexity index is 1490. The summed E-state index contributed by atoms with van der Waals surface area (Å²) in [6.07, 6.45) is 85.6. The van der Waals surface area contributed by atoms with Crippen LogP contribution in [0.25, 0.3) is 0 Å². The Morgan fingerprint density at radius 1 is 0.276 bits per heavy atom. The highest BCUT2D eigenvalue weighted by molar-refractivity contribution is 5.71. The molecule has 0 aliphatic heterocycles. The van der Waals surface area contributed by atoms with Gasteiger partial charge in [0.25, 0.3) is 0 Å². The van der Waals surface area contributed by atoms with E-state index in [1.54, 1.807) is 0 Å². The Morgan fingerprint density at radius 3 is 0.803 bits per heavy atom. The third-order valence-electron chi connectivity index (χ3n) is 13.8. The minimum atomic E-state index is -0.788. The highest BCUT2D eigenvalue weighted by Crippen LogP contribution is 2.16. The Hall–Kier alpha value is -3.67. The average molecular weight is 1060 g/mol. The number of hydrogen-bond acceptors (Lipinski definition) is 6. The summed E-state index contributed by atoms with van der Waals surface area (Å²) >= 11 is 0. The number of carbonyl (C=O) groups excluding carboxylic acids is 3. The minimum Gasteiger partial charge on any atom is -0.462 e. The highest BCUT2D eigenvalue weighted by atomic mass is 16.6. The predicted octanol–water partition coefficient (Wildman–Crippen LogP) is 22.0. The number of hydrogen-bond donors (Lipinski definition) is 0. The van der Waals surface area contributed by atoms with Gasteiger partial charge in [-0.25, -0.2) is 0 Å². The number of allylic oxidation sites excluding steroid dienone is 16. The molecule has 436 valence electrons. The van der Waals surface area contributed by atoms with E-state index in [0.29, 0.717) is 19.3 Å². The molecule has 76 heavy (non-hydrogen) atoms. The van der Waals surface area contributed by atoms with Crippen LogP contribution in [0.2, 0.25) is 0 Å². The first-order chi connectivity index (χ1) is 37.5. The van der Waals surface area contributed by atoms with E-state index in [-0.39, 0.29) is 31.1 Å². The number of ether oxygens (including phenoxy) is 3. The predicted molar refractivity (Wildman–Crippen MR) is 330 cm³/mol. The molecule has 6 nitrogen and oxygen atoms in total. The molecule has 0 spiro atoms. The second kappa shape index (κ2) is 63.9. The van der Waals surface area contributed by atoms with Crippen LogP contribution in [-0.4, -0.2) is 37.2 Å². The van der Waals surface area contributed by atoms with Crippen molar-refractivity contribution in [2.45, 2.75) is 316 Å². The van der Waals surface area contributed by atoms with Gasteiger partial charge in [0, 0.05) is 19.3 Å². The van der Waals surface area contributed by atoms with Crippen molar-refractivity contribution in [2.24, 2.45) is 0 Å². The molecule has 0 fully saturated rings. The van der Waals surface area contributed by atoms with Crippen molar-refractivity contribution in [3.05, 3.63) is 97.2 Å². The summed E-state index contributed by atoms with van der Waals surface area (Å²) in [5, 5.41) is 0. The number of carbonyl (C=O) groups is 3. The second-order valence-corrected chi connectivity index (χ2v) is 21.3. The van der Waals surface area contributed by atoms with Crippen molar-refractivity contribution < 1.29 is 28.6 Å². The second-order valence-electron chi connectivity index (χ2n) is 21.3. The van der Waals surface area contributed by atoms with Crippen LogP contribution in [0.15, 0.2) is 97.2 Å². The van der Waals surface area contributed by atoms with E-state index >= 15 is 0 Å². The molecular weight excluding hydrogens is 937 g/mol.